The standard InChI is InChI=1S/C19H25NO2/c1-13(14-8-6-5-7-9-14)20-16(22)19-11-10-18(4,15(21)12-19)17(19,2)3/h5-9,13H,10-12H2,1-4H3,(H,20,22)/t13-,18+,19-/m0/s1. The summed E-state index contributed by atoms with van der Waals surface area (Å²) >= 11 is 0. The highest BCUT2D eigenvalue weighted by atomic mass is 16.2. The first kappa shape index (κ1) is 15.3. The lowest BCUT2D eigenvalue weighted by atomic mass is 9.64. The molecule has 1 aromatic carbocycles. The number of carbonyl (C=O) groups excluding carboxylic acids is 2. The van der Waals surface area contributed by atoms with Gasteiger partial charge in [0.05, 0.1) is 11.5 Å². The Kier molecular flexibility index (Phi) is 3.24. The van der Waals surface area contributed by atoms with E-state index in [0.717, 1.165) is 18.4 Å². The van der Waals surface area contributed by atoms with E-state index in [0.29, 0.717) is 6.42 Å². The third kappa shape index (κ3) is 1.74. The molecule has 2 fully saturated rings. The number of rotatable bonds is 3. The molecular formula is C19H25NO2. The molecular weight excluding hydrogens is 274 g/mol. The van der Waals surface area contributed by atoms with Gasteiger partial charge in [0, 0.05) is 11.8 Å². The van der Waals surface area contributed by atoms with E-state index in [1.807, 2.05) is 44.2 Å². The van der Waals surface area contributed by atoms with Gasteiger partial charge in [-0.15, -0.1) is 0 Å². The largest absolute Gasteiger partial charge is 0.349 e. The molecule has 3 heteroatoms. The number of ketones is 1. The van der Waals surface area contributed by atoms with E-state index in [1.54, 1.807) is 0 Å². The Hall–Kier alpha value is -1.64. The summed E-state index contributed by atoms with van der Waals surface area (Å²) in [6.45, 7) is 8.23. The van der Waals surface area contributed by atoms with E-state index in [4.69, 9.17) is 0 Å². The molecule has 0 radical (unpaired) electrons. The van der Waals surface area contributed by atoms with Crippen LogP contribution in [-0.4, -0.2) is 11.7 Å². The van der Waals surface area contributed by atoms with Crippen molar-refractivity contribution in [3.05, 3.63) is 35.9 Å². The maximum absolute atomic E-state index is 13.0. The fraction of sp³-hybridized carbons (Fsp3) is 0.579. The van der Waals surface area contributed by atoms with Crippen LogP contribution < -0.4 is 5.32 Å². The predicted octanol–water partition coefficient (Wildman–Crippen LogP) is 3.65. The topological polar surface area (TPSA) is 46.2 Å². The Bertz CT molecular complexity index is 622. The first-order chi connectivity index (χ1) is 10.2. The van der Waals surface area contributed by atoms with E-state index in [9.17, 15) is 9.59 Å². The van der Waals surface area contributed by atoms with Gasteiger partial charge >= 0.3 is 0 Å². The van der Waals surface area contributed by atoms with Crippen LogP contribution in [0.1, 0.15) is 58.6 Å². The van der Waals surface area contributed by atoms with Crippen molar-refractivity contribution in [1.29, 1.82) is 0 Å². The smallest absolute Gasteiger partial charge is 0.227 e. The van der Waals surface area contributed by atoms with Crippen LogP contribution >= 0.6 is 0 Å². The zero-order chi connectivity index (χ0) is 16.2. The molecule has 1 aromatic rings. The van der Waals surface area contributed by atoms with Crippen molar-refractivity contribution in [1.82, 2.24) is 5.32 Å². The minimum absolute atomic E-state index is 0.0403. The quantitative estimate of drug-likeness (QED) is 0.926. The van der Waals surface area contributed by atoms with Crippen LogP contribution in [0.4, 0.5) is 0 Å². The van der Waals surface area contributed by atoms with Crippen LogP contribution in [-0.2, 0) is 9.59 Å². The molecule has 0 saturated heterocycles. The second kappa shape index (κ2) is 4.68. The highest BCUT2D eigenvalue weighted by molar-refractivity contribution is 5.99. The maximum atomic E-state index is 13.0. The summed E-state index contributed by atoms with van der Waals surface area (Å²) in [5, 5.41) is 3.16. The van der Waals surface area contributed by atoms with E-state index >= 15 is 0 Å². The van der Waals surface area contributed by atoms with Gasteiger partial charge in [0.2, 0.25) is 5.91 Å². The highest BCUT2D eigenvalue weighted by Crippen LogP contribution is 2.70. The van der Waals surface area contributed by atoms with Gasteiger partial charge in [-0.2, -0.15) is 0 Å². The molecule has 2 bridgehead atoms. The summed E-state index contributed by atoms with van der Waals surface area (Å²) in [7, 11) is 0. The number of nitrogens with one attached hydrogen (secondary N) is 1. The molecule has 0 unspecified atom stereocenters. The number of benzene rings is 1. The Balaban J connectivity index is 1.85. The van der Waals surface area contributed by atoms with Crippen LogP contribution in [0.25, 0.3) is 0 Å². The van der Waals surface area contributed by atoms with Gasteiger partial charge in [-0.1, -0.05) is 51.1 Å². The molecule has 3 nitrogen and oxygen atoms in total. The summed E-state index contributed by atoms with van der Waals surface area (Å²) in [4.78, 5) is 25.5. The van der Waals surface area contributed by atoms with Crippen LogP contribution in [0, 0.1) is 16.2 Å². The van der Waals surface area contributed by atoms with Crippen LogP contribution in [0.5, 0.6) is 0 Å². The summed E-state index contributed by atoms with van der Waals surface area (Å²) < 4.78 is 0. The molecule has 22 heavy (non-hydrogen) atoms. The molecule has 3 rings (SSSR count). The predicted molar refractivity (Wildman–Crippen MR) is 86.2 cm³/mol. The number of Topliss-reactive ketones (excluding diaryl/α,β-unsaturated/α-hetero) is 1. The minimum atomic E-state index is -0.540. The van der Waals surface area contributed by atoms with Crippen molar-refractivity contribution >= 4 is 11.7 Å². The van der Waals surface area contributed by atoms with Gasteiger partial charge in [0.25, 0.3) is 0 Å². The lowest BCUT2D eigenvalue weighted by Gasteiger charge is -2.39. The van der Waals surface area contributed by atoms with E-state index in [2.05, 4.69) is 19.2 Å². The fourth-order valence-electron chi connectivity index (χ4n) is 4.52. The molecule has 0 aromatic heterocycles. The van der Waals surface area contributed by atoms with Crippen LogP contribution in [0.2, 0.25) is 0 Å². The molecule has 2 aliphatic carbocycles. The maximum Gasteiger partial charge on any atom is 0.227 e. The third-order valence-electron chi connectivity index (χ3n) is 6.79. The third-order valence-corrected chi connectivity index (χ3v) is 6.79. The normalized spacial score (nSPS) is 33.7. The Labute approximate surface area is 132 Å². The first-order valence-electron chi connectivity index (χ1n) is 8.14. The summed E-state index contributed by atoms with van der Waals surface area (Å²) in [6, 6.07) is 9.93. The molecule has 0 heterocycles. The second-order valence-electron chi connectivity index (χ2n) is 7.74. The summed E-state index contributed by atoms with van der Waals surface area (Å²) in [5.74, 6) is 0.301. The highest BCUT2D eigenvalue weighted by Gasteiger charge is 2.72. The van der Waals surface area contributed by atoms with Gasteiger partial charge in [-0.05, 0) is 30.7 Å². The van der Waals surface area contributed by atoms with E-state index in [1.165, 1.54) is 0 Å². The molecule has 0 aliphatic heterocycles. The number of fused-ring (bicyclic) bond motifs is 2. The zero-order valence-corrected chi connectivity index (χ0v) is 13.9. The Morgan fingerprint density at radius 3 is 2.27 bits per heavy atom. The average Bonchev–Trinajstić information content (AvgIpc) is 2.78. The minimum Gasteiger partial charge on any atom is -0.349 e. The molecule has 1 N–H and O–H groups in total. The Morgan fingerprint density at radius 1 is 1.14 bits per heavy atom. The lowest BCUT2D eigenvalue weighted by Crippen LogP contribution is -2.47. The van der Waals surface area contributed by atoms with Crippen molar-refractivity contribution in [3.63, 3.8) is 0 Å². The second-order valence-corrected chi connectivity index (χ2v) is 7.74. The molecule has 118 valence electrons. The molecule has 0 spiro atoms. The van der Waals surface area contributed by atoms with Gasteiger partial charge in [0.1, 0.15) is 5.78 Å². The Morgan fingerprint density at radius 2 is 1.77 bits per heavy atom. The molecule has 3 atom stereocenters. The monoisotopic (exact) mass is 299 g/mol. The first-order valence-corrected chi connectivity index (χ1v) is 8.14. The number of amides is 1. The zero-order valence-electron chi connectivity index (χ0n) is 13.9. The van der Waals surface area contributed by atoms with E-state index in [-0.39, 0.29) is 28.6 Å². The van der Waals surface area contributed by atoms with Crippen molar-refractivity contribution in [2.45, 2.75) is 53.0 Å². The van der Waals surface area contributed by atoms with Crippen molar-refractivity contribution < 1.29 is 9.59 Å². The summed E-state index contributed by atoms with van der Waals surface area (Å²) in [5.41, 5.74) is -0.0742. The van der Waals surface area contributed by atoms with Gasteiger partial charge in [0.15, 0.2) is 0 Å². The SMILES string of the molecule is C[C@H](NC(=O)[C@]12CC[C@](C)(C(=O)C1)C2(C)C)c1ccccc1. The van der Waals surface area contributed by atoms with Crippen LogP contribution in [0.3, 0.4) is 0 Å². The number of hydrogen-bond donors (Lipinski definition) is 1. The van der Waals surface area contributed by atoms with Crippen LogP contribution in [0.15, 0.2) is 30.3 Å². The number of carbonyl (C=O) groups is 2. The molecule has 2 aliphatic rings. The van der Waals surface area contributed by atoms with Gasteiger partial charge < -0.3 is 5.32 Å². The van der Waals surface area contributed by atoms with Crippen molar-refractivity contribution in [3.8, 4) is 0 Å². The van der Waals surface area contributed by atoms with Gasteiger partial charge in [-0.3, -0.25) is 9.59 Å². The fourth-order valence-corrected chi connectivity index (χ4v) is 4.52. The van der Waals surface area contributed by atoms with E-state index < -0.39 is 5.41 Å². The lowest BCUT2D eigenvalue weighted by molar-refractivity contribution is -0.137. The molecule has 2 saturated carbocycles. The molecule has 1 amide bonds. The van der Waals surface area contributed by atoms with Crippen molar-refractivity contribution in [2.75, 3.05) is 0 Å². The summed E-state index contributed by atoms with van der Waals surface area (Å²) in [6.07, 6.45) is 2.03. The van der Waals surface area contributed by atoms with Gasteiger partial charge in [-0.25, -0.2) is 0 Å². The van der Waals surface area contributed by atoms with Crippen molar-refractivity contribution in [2.24, 2.45) is 16.2 Å². The number of hydrogen-bond acceptors (Lipinski definition) is 2. The average molecular weight is 299 g/mol.